The minimum Gasteiger partial charge on any atom is -0.507 e. The first-order valence-electron chi connectivity index (χ1n) is 10.9. The standard InChI is InChI=1S/C23H25NO11/c1-7-13-10(5-11(27)14(7)23(33)35-24-2)18(28)16-17(19(13)29)20(30)15(21(31)22(16)32)12-4-8(26)3-9(6-25)34-12/h8-9,11-12,24-30H,3-6H2,1-2H3/t8-,9-,11?,12?/m0/s1. The Kier molecular flexibility index (Phi) is 6.42. The largest absolute Gasteiger partial charge is 0.507 e. The molecule has 4 rings (SSSR count). The lowest BCUT2D eigenvalue weighted by atomic mass is 9.76. The number of phenols is 2. The van der Waals surface area contributed by atoms with Crippen LogP contribution in [0.3, 0.4) is 0 Å². The lowest BCUT2D eigenvalue weighted by molar-refractivity contribution is -0.146. The number of hydroxylamine groups is 1. The molecule has 0 saturated carbocycles. The number of ether oxygens (including phenoxy) is 1. The maximum absolute atomic E-state index is 13.0. The third-order valence-corrected chi connectivity index (χ3v) is 6.55. The number of aliphatic hydroxyl groups excluding tert-OH is 4. The Hall–Kier alpha value is -3.29. The van der Waals surface area contributed by atoms with Crippen LogP contribution < -0.4 is 5.48 Å². The number of carbonyl (C=O) groups is 3. The van der Waals surface area contributed by atoms with E-state index >= 15 is 0 Å². The predicted molar refractivity (Wildman–Crippen MR) is 117 cm³/mol. The Morgan fingerprint density at radius 2 is 1.74 bits per heavy atom. The number of hydrogen-bond donors (Lipinski definition) is 7. The summed E-state index contributed by atoms with van der Waals surface area (Å²) in [6, 6.07) is 0. The molecular formula is C23H25NO11. The molecule has 0 bridgehead atoms. The van der Waals surface area contributed by atoms with E-state index in [4.69, 9.17) is 9.57 Å². The highest BCUT2D eigenvalue weighted by molar-refractivity contribution is 6.53. The summed E-state index contributed by atoms with van der Waals surface area (Å²) in [5, 5.41) is 63.2. The van der Waals surface area contributed by atoms with E-state index in [1.807, 2.05) is 0 Å². The smallest absolute Gasteiger partial charge is 0.355 e. The Labute approximate surface area is 198 Å². The molecule has 0 amide bonds. The number of phenolic OH excluding ortho intramolecular Hbond substituents is 2. The van der Waals surface area contributed by atoms with Gasteiger partial charge in [0.2, 0.25) is 11.6 Å². The second-order valence-corrected chi connectivity index (χ2v) is 8.63. The fourth-order valence-corrected chi connectivity index (χ4v) is 5.02. The van der Waals surface area contributed by atoms with Crippen LogP contribution in [0, 0.1) is 0 Å². The first-order valence-corrected chi connectivity index (χ1v) is 10.9. The molecule has 1 saturated heterocycles. The zero-order valence-electron chi connectivity index (χ0n) is 18.9. The molecule has 7 N–H and O–H groups in total. The molecule has 1 aromatic rings. The van der Waals surface area contributed by atoms with E-state index in [0.29, 0.717) is 0 Å². The molecule has 2 unspecified atom stereocenters. The number of hydrogen-bond acceptors (Lipinski definition) is 12. The molecule has 188 valence electrons. The molecule has 0 radical (unpaired) electrons. The van der Waals surface area contributed by atoms with Crippen LogP contribution in [-0.4, -0.2) is 86.2 Å². The van der Waals surface area contributed by atoms with Crippen molar-refractivity contribution in [3.8, 4) is 11.5 Å². The second-order valence-electron chi connectivity index (χ2n) is 8.63. The van der Waals surface area contributed by atoms with Crippen LogP contribution in [0.2, 0.25) is 0 Å². The van der Waals surface area contributed by atoms with Gasteiger partial charge in [-0.1, -0.05) is 0 Å². The van der Waals surface area contributed by atoms with Crippen LogP contribution in [0.5, 0.6) is 11.5 Å². The van der Waals surface area contributed by atoms with Crippen molar-refractivity contribution in [1.29, 1.82) is 0 Å². The summed E-state index contributed by atoms with van der Waals surface area (Å²) >= 11 is 0. The molecule has 1 fully saturated rings. The number of Topliss-reactive ketones (excluding diaryl/α,β-unsaturated/α-hetero) is 2. The van der Waals surface area contributed by atoms with Crippen molar-refractivity contribution in [3.05, 3.63) is 33.4 Å². The van der Waals surface area contributed by atoms with Crippen molar-refractivity contribution in [1.82, 2.24) is 5.48 Å². The first-order chi connectivity index (χ1) is 16.5. The summed E-state index contributed by atoms with van der Waals surface area (Å²) in [4.78, 5) is 43.1. The average Bonchev–Trinajstić information content (AvgIpc) is 2.79. The lowest BCUT2D eigenvalue weighted by Crippen LogP contribution is -2.42. The summed E-state index contributed by atoms with van der Waals surface area (Å²) in [5.41, 5.74) is 0.0857. The zero-order chi connectivity index (χ0) is 25.8. The summed E-state index contributed by atoms with van der Waals surface area (Å²) < 4.78 is 5.59. The molecule has 0 aromatic heterocycles. The number of benzene rings is 1. The van der Waals surface area contributed by atoms with Crippen molar-refractivity contribution in [2.24, 2.45) is 0 Å². The van der Waals surface area contributed by atoms with E-state index in [0.717, 1.165) is 0 Å². The van der Waals surface area contributed by atoms with Crippen LogP contribution >= 0.6 is 0 Å². The van der Waals surface area contributed by atoms with Crippen molar-refractivity contribution in [2.75, 3.05) is 13.7 Å². The van der Waals surface area contributed by atoms with E-state index in [2.05, 4.69) is 5.48 Å². The maximum atomic E-state index is 13.0. The molecule has 35 heavy (non-hydrogen) atoms. The van der Waals surface area contributed by atoms with Crippen LogP contribution in [0.1, 0.15) is 46.8 Å². The molecule has 1 aliphatic heterocycles. The Morgan fingerprint density at radius 3 is 2.37 bits per heavy atom. The predicted octanol–water partition coefficient (Wildman–Crippen LogP) is -0.599. The van der Waals surface area contributed by atoms with Crippen LogP contribution in [0.4, 0.5) is 0 Å². The Bertz CT molecular complexity index is 1200. The fraction of sp³-hybridized carbons (Fsp3) is 0.435. The van der Waals surface area contributed by atoms with Gasteiger partial charge in [0.1, 0.15) is 17.3 Å². The van der Waals surface area contributed by atoms with Crippen molar-refractivity contribution < 1.29 is 54.6 Å². The zero-order valence-corrected chi connectivity index (χ0v) is 18.9. The number of ketones is 2. The van der Waals surface area contributed by atoms with Gasteiger partial charge in [-0.15, -0.1) is 0 Å². The molecule has 12 heteroatoms. The molecule has 2 aliphatic carbocycles. The molecular weight excluding hydrogens is 466 g/mol. The molecule has 4 atom stereocenters. The summed E-state index contributed by atoms with van der Waals surface area (Å²) in [7, 11) is 1.33. The van der Waals surface area contributed by atoms with E-state index in [-0.39, 0.29) is 41.5 Å². The fourth-order valence-electron chi connectivity index (χ4n) is 5.02. The van der Waals surface area contributed by atoms with E-state index < -0.39 is 82.5 Å². The van der Waals surface area contributed by atoms with Gasteiger partial charge < -0.3 is 40.2 Å². The SMILES string of the molecule is CNOC(=O)C1=C(C)c2c(O)c3c(c(O)c2CC1O)C(=O)C(=O)C(C1C[C@@H](O)C[C@@H](CO)O1)=C3O. The number of fused-ring (bicyclic) bond motifs is 2. The van der Waals surface area contributed by atoms with Gasteiger partial charge in [0.15, 0.2) is 0 Å². The summed E-state index contributed by atoms with van der Waals surface area (Å²) in [6.07, 6.45) is -5.03. The summed E-state index contributed by atoms with van der Waals surface area (Å²) in [5.74, 6) is -5.64. The first kappa shape index (κ1) is 24.8. The van der Waals surface area contributed by atoms with Gasteiger partial charge in [-0.25, -0.2) is 4.79 Å². The number of aromatic hydroxyl groups is 2. The van der Waals surface area contributed by atoms with Gasteiger partial charge in [-0.3, -0.25) is 9.59 Å². The lowest BCUT2D eigenvalue weighted by Gasteiger charge is -2.35. The van der Waals surface area contributed by atoms with Crippen LogP contribution in [0.15, 0.2) is 11.1 Å². The van der Waals surface area contributed by atoms with E-state index in [1.165, 1.54) is 14.0 Å². The molecule has 0 spiro atoms. The molecule has 1 heterocycles. The van der Waals surface area contributed by atoms with Gasteiger partial charge >= 0.3 is 5.97 Å². The van der Waals surface area contributed by atoms with Gasteiger partial charge in [0, 0.05) is 37.4 Å². The minimum atomic E-state index is -1.45. The van der Waals surface area contributed by atoms with Crippen molar-refractivity contribution >= 4 is 28.9 Å². The highest BCUT2D eigenvalue weighted by atomic mass is 16.7. The molecule has 1 aromatic carbocycles. The maximum Gasteiger partial charge on any atom is 0.355 e. The second kappa shape index (κ2) is 9.06. The monoisotopic (exact) mass is 491 g/mol. The average molecular weight is 491 g/mol. The third kappa shape index (κ3) is 3.79. The van der Waals surface area contributed by atoms with Gasteiger partial charge in [-0.2, -0.15) is 5.48 Å². The number of allylic oxidation sites excluding steroid dienone is 1. The Balaban J connectivity index is 1.96. The highest BCUT2D eigenvalue weighted by Crippen LogP contribution is 2.50. The number of carbonyl (C=O) groups excluding carboxylic acids is 3. The van der Waals surface area contributed by atoms with E-state index in [1.54, 1.807) is 0 Å². The van der Waals surface area contributed by atoms with Gasteiger partial charge in [0.05, 0.1) is 53.3 Å². The van der Waals surface area contributed by atoms with Crippen LogP contribution in [-0.2, 0) is 25.6 Å². The third-order valence-electron chi connectivity index (χ3n) is 6.55. The quantitative estimate of drug-likeness (QED) is 0.160. The van der Waals surface area contributed by atoms with Gasteiger partial charge in [-0.05, 0) is 12.5 Å². The topological polar surface area (TPSA) is 203 Å². The molecule has 12 nitrogen and oxygen atoms in total. The number of nitrogens with one attached hydrogen (secondary N) is 1. The van der Waals surface area contributed by atoms with Crippen LogP contribution in [0.25, 0.3) is 11.3 Å². The van der Waals surface area contributed by atoms with Crippen molar-refractivity contribution in [3.63, 3.8) is 0 Å². The number of aliphatic hydroxyl groups is 4. The minimum absolute atomic E-state index is 0.0259. The van der Waals surface area contributed by atoms with Crippen molar-refractivity contribution in [2.45, 2.75) is 50.6 Å². The summed E-state index contributed by atoms with van der Waals surface area (Å²) in [6.45, 7) is 0.903. The molecule has 3 aliphatic rings. The van der Waals surface area contributed by atoms with Gasteiger partial charge in [0.25, 0.3) is 0 Å². The Morgan fingerprint density at radius 1 is 1.06 bits per heavy atom. The number of rotatable bonds is 4. The normalized spacial score (nSPS) is 26.5. The highest BCUT2D eigenvalue weighted by Gasteiger charge is 2.46. The van der Waals surface area contributed by atoms with E-state index in [9.17, 15) is 45.0 Å².